The highest BCUT2D eigenvalue weighted by atomic mass is 35.5. The monoisotopic (exact) mass is 381 g/mol. The van der Waals surface area contributed by atoms with Crippen molar-refractivity contribution < 1.29 is 9.59 Å². The molecule has 0 fully saturated rings. The van der Waals surface area contributed by atoms with Gasteiger partial charge in [0.15, 0.2) is 0 Å². The molecule has 0 N–H and O–H groups in total. The summed E-state index contributed by atoms with van der Waals surface area (Å²) in [5.74, 6) is -0.937. The third-order valence-corrected chi connectivity index (χ3v) is 5.17. The molecule has 1 aliphatic rings. The van der Waals surface area contributed by atoms with Crippen molar-refractivity contribution in [1.82, 2.24) is 0 Å². The minimum absolute atomic E-state index is 0.350. The molecule has 3 aromatic rings. The number of nitrogens with zero attached hydrogens (tertiary/aromatic N) is 1. The zero-order valence-corrected chi connectivity index (χ0v) is 15.1. The Balaban J connectivity index is 1.59. The lowest BCUT2D eigenvalue weighted by molar-refractivity contribution is -0.114. The SMILES string of the molecule is O=C1C(=O)N(Cc2ccc(-c3ccc(Cl)c(Cl)c3)cc2)c2ccccc21. The molecule has 0 saturated heterocycles. The molecule has 0 aromatic heterocycles. The second kappa shape index (κ2) is 6.60. The molecule has 1 heterocycles. The minimum Gasteiger partial charge on any atom is -0.300 e. The molecule has 1 amide bonds. The van der Waals surface area contributed by atoms with E-state index in [1.807, 2.05) is 42.5 Å². The van der Waals surface area contributed by atoms with E-state index in [4.69, 9.17) is 23.2 Å². The molecule has 3 nitrogen and oxygen atoms in total. The van der Waals surface area contributed by atoms with Crippen molar-refractivity contribution in [2.45, 2.75) is 6.54 Å². The summed E-state index contributed by atoms with van der Waals surface area (Å²) < 4.78 is 0. The van der Waals surface area contributed by atoms with Crippen molar-refractivity contribution in [1.29, 1.82) is 0 Å². The average molecular weight is 382 g/mol. The molecule has 0 radical (unpaired) electrons. The second-order valence-electron chi connectivity index (χ2n) is 6.06. The van der Waals surface area contributed by atoms with Crippen LogP contribution in [0.4, 0.5) is 5.69 Å². The van der Waals surface area contributed by atoms with Crippen LogP contribution in [0.1, 0.15) is 15.9 Å². The fraction of sp³-hybridized carbons (Fsp3) is 0.0476. The van der Waals surface area contributed by atoms with E-state index in [0.29, 0.717) is 27.8 Å². The lowest BCUT2D eigenvalue weighted by Gasteiger charge is -2.16. The first-order chi connectivity index (χ1) is 12.5. The van der Waals surface area contributed by atoms with Crippen molar-refractivity contribution >= 4 is 40.6 Å². The largest absolute Gasteiger partial charge is 0.300 e. The van der Waals surface area contributed by atoms with Crippen LogP contribution in [-0.4, -0.2) is 11.7 Å². The smallest absolute Gasteiger partial charge is 0.299 e. The quantitative estimate of drug-likeness (QED) is 0.570. The Morgan fingerprint density at radius 1 is 0.769 bits per heavy atom. The number of hydrogen-bond donors (Lipinski definition) is 0. The molecule has 0 atom stereocenters. The van der Waals surface area contributed by atoms with Crippen LogP contribution in [0.15, 0.2) is 66.7 Å². The van der Waals surface area contributed by atoms with Gasteiger partial charge in [0.05, 0.1) is 27.8 Å². The number of halogens is 2. The van der Waals surface area contributed by atoms with Gasteiger partial charge in [0.25, 0.3) is 11.7 Å². The Morgan fingerprint density at radius 3 is 2.19 bits per heavy atom. The van der Waals surface area contributed by atoms with Gasteiger partial charge in [-0.1, -0.05) is 65.7 Å². The lowest BCUT2D eigenvalue weighted by Crippen LogP contribution is -2.29. The number of amides is 1. The molecule has 128 valence electrons. The van der Waals surface area contributed by atoms with E-state index in [2.05, 4.69) is 0 Å². The fourth-order valence-corrected chi connectivity index (χ4v) is 3.36. The van der Waals surface area contributed by atoms with Gasteiger partial charge in [0.2, 0.25) is 0 Å². The Hall–Kier alpha value is -2.62. The first-order valence-electron chi connectivity index (χ1n) is 8.04. The maximum absolute atomic E-state index is 12.3. The molecule has 0 spiro atoms. The molecular formula is C21H13Cl2NO2. The number of hydrogen-bond acceptors (Lipinski definition) is 2. The van der Waals surface area contributed by atoms with Gasteiger partial charge >= 0.3 is 0 Å². The third kappa shape index (κ3) is 2.90. The number of ketones is 1. The lowest BCUT2D eigenvalue weighted by atomic mass is 10.0. The predicted octanol–water partition coefficient (Wildman–Crippen LogP) is 5.39. The van der Waals surface area contributed by atoms with Crippen molar-refractivity contribution in [2.75, 3.05) is 4.90 Å². The molecule has 1 aliphatic heterocycles. The van der Waals surface area contributed by atoms with Gasteiger partial charge in [0.1, 0.15) is 0 Å². The van der Waals surface area contributed by atoms with Crippen LogP contribution in [0.5, 0.6) is 0 Å². The summed E-state index contributed by atoms with van der Waals surface area (Å²) in [6.07, 6.45) is 0. The molecule has 5 heteroatoms. The highest BCUT2D eigenvalue weighted by Gasteiger charge is 2.35. The van der Waals surface area contributed by atoms with Crippen LogP contribution in [0.3, 0.4) is 0 Å². The molecule has 26 heavy (non-hydrogen) atoms. The normalized spacial score (nSPS) is 13.2. The summed E-state index contributed by atoms with van der Waals surface area (Å²) >= 11 is 12.0. The Morgan fingerprint density at radius 2 is 1.46 bits per heavy atom. The summed E-state index contributed by atoms with van der Waals surface area (Å²) in [4.78, 5) is 25.9. The van der Waals surface area contributed by atoms with Crippen LogP contribution >= 0.6 is 23.2 Å². The molecule has 0 unspecified atom stereocenters. The maximum atomic E-state index is 12.3. The minimum atomic E-state index is -0.486. The summed E-state index contributed by atoms with van der Waals surface area (Å²) in [6, 6.07) is 20.4. The van der Waals surface area contributed by atoms with E-state index >= 15 is 0 Å². The van der Waals surface area contributed by atoms with Gasteiger partial charge in [0, 0.05) is 0 Å². The van der Waals surface area contributed by atoms with Crippen molar-refractivity contribution in [3.63, 3.8) is 0 Å². The molecule has 0 aliphatic carbocycles. The Bertz CT molecular complexity index is 1030. The van der Waals surface area contributed by atoms with Gasteiger partial charge < -0.3 is 4.90 Å². The number of Topliss-reactive ketones (excluding diaryl/α,β-unsaturated/α-hetero) is 1. The van der Waals surface area contributed by atoms with E-state index in [1.165, 1.54) is 4.90 Å². The van der Waals surface area contributed by atoms with E-state index in [9.17, 15) is 9.59 Å². The predicted molar refractivity (Wildman–Crippen MR) is 104 cm³/mol. The summed E-state index contributed by atoms with van der Waals surface area (Å²) in [5.41, 5.74) is 4.02. The van der Waals surface area contributed by atoms with Gasteiger partial charge in [-0.2, -0.15) is 0 Å². The first kappa shape index (κ1) is 16.8. The summed E-state index contributed by atoms with van der Waals surface area (Å²) in [7, 11) is 0. The van der Waals surface area contributed by atoms with Crippen molar-refractivity contribution in [3.8, 4) is 11.1 Å². The van der Waals surface area contributed by atoms with Crippen molar-refractivity contribution in [3.05, 3.63) is 87.9 Å². The van der Waals surface area contributed by atoms with Crippen LogP contribution in [0, 0.1) is 0 Å². The standard InChI is InChI=1S/C21H13Cl2NO2/c22-17-10-9-15(11-18(17)23)14-7-5-13(6-8-14)12-24-19-4-2-1-3-16(19)20(25)21(24)26/h1-11H,12H2. The topological polar surface area (TPSA) is 37.4 Å². The number of rotatable bonds is 3. The molecule has 4 rings (SSSR count). The summed E-state index contributed by atoms with van der Waals surface area (Å²) in [6.45, 7) is 0.350. The third-order valence-electron chi connectivity index (χ3n) is 4.43. The van der Waals surface area contributed by atoms with Crippen LogP contribution in [-0.2, 0) is 11.3 Å². The Labute approximate surface area is 160 Å². The van der Waals surface area contributed by atoms with E-state index in [0.717, 1.165) is 16.7 Å². The number of fused-ring (bicyclic) bond motifs is 1. The van der Waals surface area contributed by atoms with Gasteiger partial charge in [-0.15, -0.1) is 0 Å². The zero-order chi connectivity index (χ0) is 18.3. The van der Waals surface area contributed by atoms with E-state index in [-0.39, 0.29) is 0 Å². The molecule has 0 saturated carbocycles. The number of para-hydroxylation sites is 1. The first-order valence-corrected chi connectivity index (χ1v) is 8.80. The van der Waals surface area contributed by atoms with Gasteiger partial charge in [-0.25, -0.2) is 0 Å². The molecule has 3 aromatic carbocycles. The number of carbonyl (C=O) groups is 2. The second-order valence-corrected chi connectivity index (χ2v) is 6.88. The summed E-state index contributed by atoms with van der Waals surface area (Å²) in [5, 5.41) is 1.02. The average Bonchev–Trinajstić information content (AvgIpc) is 2.90. The maximum Gasteiger partial charge on any atom is 0.299 e. The van der Waals surface area contributed by atoms with E-state index < -0.39 is 11.7 Å². The highest BCUT2D eigenvalue weighted by Crippen LogP contribution is 2.31. The number of carbonyl (C=O) groups excluding carboxylic acids is 2. The van der Waals surface area contributed by atoms with Crippen molar-refractivity contribution in [2.24, 2.45) is 0 Å². The highest BCUT2D eigenvalue weighted by molar-refractivity contribution is 6.52. The number of anilines is 1. The fourth-order valence-electron chi connectivity index (χ4n) is 3.07. The molecule has 0 bridgehead atoms. The number of benzene rings is 3. The van der Waals surface area contributed by atoms with Crippen LogP contribution in [0.2, 0.25) is 10.0 Å². The van der Waals surface area contributed by atoms with Crippen LogP contribution < -0.4 is 4.90 Å². The van der Waals surface area contributed by atoms with Gasteiger partial charge in [-0.05, 0) is 41.0 Å². The molecular weight excluding hydrogens is 369 g/mol. The zero-order valence-electron chi connectivity index (χ0n) is 13.6. The van der Waals surface area contributed by atoms with Crippen LogP contribution in [0.25, 0.3) is 11.1 Å². The Kier molecular flexibility index (Phi) is 4.27. The van der Waals surface area contributed by atoms with E-state index in [1.54, 1.807) is 24.3 Å². The van der Waals surface area contributed by atoms with Gasteiger partial charge in [-0.3, -0.25) is 9.59 Å².